The van der Waals surface area contributed by atoms with Crippen LogP contribution < -0.4 is 16.4 Å². The molecule has 214 valence electrons. The number of nitrogens with two attached hydrogens (primary N) is 1. The third-order valence-corrected chi connectivity index (χ3v) is 7.23. The van der Waals surface area contributed by atoms with Crippen LogP contribution in [0.5, 0.6) is 0 Å². The van der Waals surface area contributed by atoms with Gasteiger partial charge in [-0.15, -0.1) is 0 Å². The van der Waals surface area contributed by atoms with E-state index in [1.807, 2.05) is 19.1 Å². The smallest absolute Gasteiger partial charge is 0.267 e. The first kappa shape index (κ1) is 27.8. The molecular formula is C29H33N7O5. The van der Waals surface area contributed by atoms with Crippen LogP contribution >= 0.6 is 0 Å². The van der Waals surface area contributed by atoms with Gasteiger partial charge in [-0.1, -0.05) is 0 Å². The quantitative estimate of drug-likeness (QED) is 0.308. The van der Waals surface area contributed by atoms with Crippen LogP contribution in [0.2, 0.25) is 0 Å². The number of hydrogen-bond donors (Lipinski definition) is 3. The number of primary amides is 1. The number of guanidine groups is 1. The van der Waals surface area contributed by atoms with Crippen molar-refractivity contribution in [3.63, 3.8) is 0 Å². The van der Waals surface area contributed by atoms with Gasteiger partial charge in [-0.25, -0.2) is 4.99 Å². The molecule has 2 aromatic heterocycles. The topological polar surface area (TPSA) is 163 Å². The van der Waals surface area contributed by atoms with Crippen LogP contribution in [0.15, 0.2) is 52.0 Å². The Morgan fingerprint density at radius 1 is 1.07 bits per heavy atom. The van der Waals surface area contributed by atoms with Crippen LogP contribution in [0.4, 0.5) is 5.69 Å². The lowest BCUT2D eigenvalue weighted by atomic mass is 10.1. The number of aryl methyl sites for hydroxylation is 1. The summed E-state index contributed by atoms with van der Waals surface area (Å²) in [6.07, 6.45) is 5.23. The highest BCUT2D eigenvalue weighted by atomic mass is 16.3. The van der Waals surface area contributed by atoms with Crippen molar-refractivity contribution in [2.45, 2.75) is 45.1 Å². The van der Waals surface area contributed by atoms with Crippen molar-refractivity contribution in [1.82, 2.24) is 20.1 Å². The number of hydrogen-bond acceptors (Lipinski definition) is 7. The molecule has 0 radical (unpaired) electrons. The van der Waals surface area contributed by atoms with E-state index in [0.717, 1.165) is 49.9 Å². The molecule has 2 aliphatic rings. The van der Waals surface area contributed by atoms with Gasteiger partial charge in [0.1, 0.15) is 23.1 Å². The number of carbonyl (C=O) groups excluding carboxylic acids is 4. The van der Waals surface area contributed by atoms with Crippen LogP contribution in [0.3, 0.4) is 0 Å². The van der Waals surface area contributed by atoms with Gasteiger partial charge in [0, 0.05) is 42.5 Å². The van der Waals surface area contributed by atoms with Gasteiger partial charge in [0.25, 0.3) is 11.8 Å². The molecular weight excluding hydrogens is 526 g/mol. The minimum absolute atomic E-state index is 0.0173. The summed E-state index contributed by atoms with van der Waals surface area (Å²) in [5, 5.41) is 6.73. The molecule has 2 aliphatic heterocycles. The molecule has 0 bridgehead atoms. The molecule has 2 saturated heterocycles. The fraction of sp³-hybridized carbons (Fsp3) is 0.379. The minimum atomic E-state index is -0.801. The molecule has 12 heteroatoms. The molecule has 1 atom stereocenters. The van der Waals surface area contributed by atoms with E-state index in [0.29, 0.717) is 24.2 Å². The van der Waals surface area contributed by atoms with Crippen LogP contribution in [-0.2, 0) is 9.59 Å². The highest BCUT2D eigenvalue weighted by Gasteiger charge is 2.30. The number of nitrogens with one attached hydrogen (secondary N) is 2. The fourth-order valence-electron chi connectivity index (χ4n) is 5.12. The van der Waals surface area contributed by atoms with E-state index in [-0.39, 0.29) is 35.6 Å². The summed E-state index contributed by atoms with van der Waals surface area (Å²) in [7, 11) is 0. The van der Waals surface area contributed by atoms with Crippen molar-refractivity contribution < 1.29 is 23.6 Å². The van der Waals surface area contributed by atoms with Gasteiger partial charge in [-0.3, -0.25) is 29.5 Å². The molecule has 0 aliphatic carbocycles. The monoisotopic (exact) mass is 559 g/mol. The first-order valence-corrected chi connectivity index (χ1v) is 13.8. The van der Waals surface area contributed by atoms with E-state index in [1.165, 1.54) is 18.3 Å². The van der Waals surface area contributed by atoms with Crippen molar-refractivity contribution in [3.8, 4) is 0 Å². The second-order valence-electron chi connectivity index (χ2n) is 10.3. The Hall–Kier alpha value is -4.74. The number of rotatable bonds is 6. The number of carbonyl (C=O) groups is 4. The zero-order valence-electron chi connectivity index (χ0n) is 22.9. The normalized spacial score (nSPS) is 17.9. The largest absolute Gasteiger partial charge is 0.461 e. The second-order valence-corrected chi connectivity index (χ2v) is 10.3. The Balaban J connectivity index is 1.41. The van der Waals surface area contributed by atoms with Gasteiger partial charge in [0.15, 0.2) is 0 Å². The van der Waals surface area contributed by atoms with Gasteiger partial charge < -0.3 is 25.3 Å². The summed E-state index contributed by atoms with van der Waals surface area (Å²) >= 11 is 0. The van der Waals surface area contributed by atoms with Gasteiger partial charge in [0.2, 0.25) is 17.8 Å². The van der Waals surface area contributed by atoms with Crippen molar-refractivity contribution in [2.75, 3.05) is 31.5 Å². The molecule has 4 heterocycles. The molecule has 0 spiro atoms. The Bertz CT molecular complexity index is 1510. The highest BCUT2D eigenvalue weighted by Crippen LogP contribution is 2.23. The van der Waals surface area contributed by atoms with E-state index in [2.05, 4.69) is 20.6 Å². The van der Waals surface area contributed by atoms with E-state index in [9.17, 15) is 19.2 Å². The first-order chi connectivity index (χ1) is 19.8. The Morgan fingerprint density at radius 3 is 2.63 bits per heavy atom. The number of benzene rings is 1. The zero-order valence-corrected chi connectivity index (χ0v) is 22.9. The molecule has 2 fully saturated rings. The van der Waals surface area contributed by atoms with Gasteiger partial charge >= 0.3 is 0 Å². The average molecular weight is 560 g/mol. The van der Waals surface area contributed by atoms with Crippen LogP contribution in [-0.4, -0.2) is 76.6 Å². The van der Waals surface area contributed by atoms with E-state index < -0.39 is 17.9 Å². The summed E-state index contributed by atoms with van der Waals surface area (Å²) in [6, 6.07) is 9.25. The summed E-state index contributed by atoms with van der Waals surface area (Å²) in [6.45, 7) is 3.78. The fourth-order valence-corrected chi connectivity index (χ4v) is 5.12. The second kappa shape index (κ2) is 12.2. The number of pyridine rings is 1. The Morgan fingerprint density at radius 2 is 1.85 bits per heavy atom. The van der Waals surface area contributed by atoms with Crippen molar-refractivity contribution >= 4 is 46.2 Å². The maximum absolute atomic E-state index is 13.6. The molecule has 3 aromatic rings. The molecule has 12 nitrogen and oxygen atoms in total. The van der Waals surface area contributed by atoms with Crippen molar-refractivity contribution in [3.05, 3.63) is 59.6 Å². The minimum Gasteiger partial charge on any atom is -0.461 e. The van der Waals surface area contributed by atoms with Gasteiger partial charge in [-0.05, 0) is 75.4 Å². The number of anilines is 1. The predicted molar refractivity (Wildman–Crippen MR) is 152 cm³/mol. The molecule has 0 unspecified atom stereocenters. The summed E-state index contributed by atoms with van der Waals surface area (Å²) in [4.78, 5) is 63.1. The van der Waals surface area contributed by atoms with E-state index in [4.69, 9.17) is 10.2 Å². The number of aliphatic imine (C=N–C) groups is 1. The maximum atomic E-state index is 13.6. The molecule has 4 N–H and O–H groups in total. The third kappa shape index (κ3) is 6.71. The van der Waals surface area contributed by atoms with Crippen molar-refractivity contribution in [1.29, 1.82) is 0 Å². The molecule has 41 heavy (non-hydrogen) atoms. The summed E-state index contributed by atoms with van der Waals surface area (Å²) in [5.74, 6) is -0.831. The molecule has 5 rings (SSSR count). The standard InChI is InChI=1S/C29H33N7O5/c1-18-14-20-15-21(7-8-24(20)41-18)32-29(34-27(39)19-9-10-31-23(16-19)26(30)38)33-22-6-2-3-13-36(28(22)40)17-25(37)35-11-4-5-12-35/h7-10,14-16,22H,2-6,11-13,17H2,1H3,(H2,30,38)(H2,32,33,34,39)/t22-/m0/s1. The SMILES string of the molecule is Cc1cc2cc(NC(=N[C@H]3CCCCN(CC(=O)N4CCCC4)C3=O)NC(=O)c3ccnc(C(N)=O)c3)ccc2o1. The lowest BCUT2D eigenvalue weighted by Crippen LogP contribution is -2.45. The van der Waals surface area contributed by atoms with Crippen LogP contribution in [0.25, 0.3) is 11.0 Å². The average Bonchev–Trinajstić information content (AvgIpc) is 3.59. The first-order valence-electron chi connectivity index (χ1n) is 13.8. The van der Waals surface area contributed by atoms with E-state index in [1.54, 1.807) is 21.9 Å². The molecule has 4 amide bonds. The number of aromatic nitrogens is 1. The van der Waals surface area contributed by atoms with Crippen molar-refractivity contribution in [2.24, 2.45) is 10.7 Å². The van der Waals surface area contributed by atoms with Crippen LogP contribution in [0.1, 0.15) is 58.7 Å². The number of amides is 4. The number of likely N-dealkylation sites (tertiary alicyclic amines) is 2. The zero-order chi connectivity index (χ0) is 28.9. The number of furan rings is 1. The lowest BCUT2D eigenvalue weighted by Gasteiger charge is -2.25. The highest BCUT2D eigenvalue weighted by molar-refractivity contribution is 6.11. The van der Waals surface area contributed by atoms with Gasteiger partial charge in [0.05, 0.1) is 6.54 Å². The van der Waals surface area contributed by atoms with Crippen LogP contribution in [0, 0.1) is 6.92 Å². The predicted octanol–water partition coefficient (Wildman–Crippen LogP) is 2.44. The molecule has 1 aromatic carbocycles. The van der Waals surface area contributed by atoms with Gasteiger partial charge in [-0.2, -0.15) is 0 Å². The summed E-state index contributed by atoms with van der Waals surface area (Å²) < 4.78 is 5.66. The molecule has 0 saturated carbocycles. The maximum Gasteiger partial charge on any atom is 0.267 e. The summed E-state index contributed by atoms with van der Waals surface area (Å²) in [5.41, 5.74) is 6.75. The third-order valence-electron chi connectivity index (χ3n) is 7.23. The van der Waals surface area contributed by atoms with E-state index >= 15 is 0 Å². The number of nitrogens with zero attached hydrogens (tertiary/aromatic N) is 4. The number of fused-ring (bicyclic) bond motifs is 1. The lowest BCUT2D eigenvalue weighted by molar-refractivity contribution is -0.140. The Kier molecular flexibility index (Phi) is 8.27. The Labute approximate surface area is 237 Å².